The fourth-order valence-corrected chi connectivity index (χ4v) is 4.37. The van der Waals surface area contributed by atoms with Crippen molar-refractivity contribution in [1.29, 1.82) is 0 Å². The molecule has 4 heteroatoms. The van der Waals surface area contributed by atoms with Gasteiger partial charge in [-0.25, -0.2) is 0 Å². The lowest BCUT2D eigenvalue weighted by molar-refractivity contribution is 0.0257. The molecule has 0 aliphatic carbocycles. The molecule has 0 saturated carbocycles. The summed E-state index contributed by atoms with van der Waals surface area (Å²) in [7, 11) is 1.79. The van der Waals surface area contributed by atoms with Gasteiger partial charge in [-0.2, -0.15) is 11.8 Å². The molecule has 0 amide bonds. The molecule has 2 N–H and O–H groups in total. The maximum absolute atomic E-state index is 6.16. The van der Waals surface area contributed by atoms with Crippen LogP contribution in [0, 0.1) is 0 Å². The Morgan fingerprint density at radius 1 is 1.39 bits per heavy atom. The van der Waals surface area contributed by atoms with Gasteiger partial charge in [0.1, 0.15) is 0 Å². The predicted octanol–water partition coefficient (Wildman–Crippen LogP) is 2.35. The number of ether oxygens (including phenoxy) is 1. The van der Waals surface area contributed by atoms with Crippen LogP contribution in [-0.2, 0) is 4.74 Å². The van der Waals surface area contributed by atoms with Gasteiger partial charge in [-0.3, -0.25) is 4.90 Å². The number of thioether (sulfide) groups is 1. The molecule has 1 heterocycles. The van der Waals surface area contributed by atoms with Crippen molar-refractivity contribution in [2.24, 2.45) is 5.73 Å². The average Bonchev–Trinajstić information content (AvgIpc) is 2.44. The molecule has 1 aliphatic heterocycles. The van der Waals surface area contributed by atoms with Gasteiger partial charge in [0.2, 0.25) is 0 Å². The van der Waals surface area contributed by atoms with E-state index in [1.54, 1.807) is 7.11 Å². The van der Waals surface area contributed by atoms with Crippen molar-refractivity contribution in [2.45, 2.75) is 51.1 Å². The third kappa shape index (κ3) is 3.86. The number of methoxy groups -OCH3 is 1. The van der Waals surface area contributed by atoms with Gasteiger partial charge in [0.15, 0.2) is 0 Å². The molecule has 1 unspecified atom stereocenters. The number of rotatable bonds is 8. The first-order valence-electron chi connectivity index (χ1n) is 7.27. The smallest absolute Gasteiger partial charge is 0.0590 e. The molecule has 0 aromatic rings. The van der Waals surface area contributed by atoms with Crippen LogP contribution in [0.25, 0.3) is 0 Å². The molecule has 108 valence electrons. The van der Waals surface area contributed by atoms with Crippen molar-refractivity contribution < 1.29 is 4.74 Å². The average molecular weight is 274 g/mol. The first-order chi connectivity index (χ1) is 8.74. The van der Waals surface area contributed by atoms with Crippen LogP contribution in [0.4, 0.5) is 0 Å². The third-order valence-corrected chi connectivity index (χ3v) is 5.53. The van der Waals surface area contributed by atoms with Gasteiger partial charge in [0.25, 0.3) is 0 Å². The van der Waals surface area contributed by atoms with Crippen molar-refractivity contribution in [1.82, 2.24) is 4.90 Å². The summed E-state index contributed by atoms with van der Waals surface area (Å²) in [4.78, 5) is 2.66. The standard InChI is InChI=1S/C14H30N2OS/c1-4-13(5-2)16(8-9-17-3)14(11-15)7-6-10-18-12-14/h13H,4-12,15H2,1-3H3. The molecule has 0 aromatic heterocycles. The summed E-state index contributed by atoms with van der Waals surface area (Å²) < 4.78 is 5.30. The highest BCUT2D eigenvalue weighted by Gasteiger charge is 2.39. The molecule has 0 spiro atoms. The van der Waals surface area contributed by atoms with Crippen molar-refractivity contribution in [3.8, 4) is 0 Å². The summed E-state index contributed by atoms with van der Waals surface area (Å²) in [6, 6.07) is 0.641. The van der Waals surface area contributed by atoms with E-state index in [0.717, 1.165) is 19.7 Å². The predicted molar refractivity (Wildman–Crippen MR) is 81.3 cm³/mol. The zero-order valence-corrected chi connectivity index (χ0v) is 13.1. The quantitative estimate of drug-likeness (QED) is 0.737. The van der Waals surface area contributed by atoms with Crippen LogP contribution in [0.15, 0.2) is 0 Å². The Balaban J connectivity index is 2.82. The summed E-state index contributed by atoms with van der Waals surface area (Å²) >= 11 is 2.06. The maximum Gasteiger partial charge on any atom is 0.0590 e. The minimum atomic E-state index is 0.206. The molecule has 0 bridgehead atoms. The topological polar surface area (TPSA) is 38.5 Å². The van der Waals surface area contributed by atoms with E-state index in [9.17, 15) is 0 Å². The molecule has 3 nitrogen and oxygen atoms in total. The largest absolute Gasteiger partial charge is 0.383 e. The minimum absolute atomic E-state index is 0.206. The van der Waals surface area contributed by atoms with Gasteiger partial charge in [0.05, 0.1) is 6.61 Å². The molecule has 0 aromatic carbocycles. The van der Waals surface area contributed by atoms with Crippen LogP contribution in [0.2, 0.25) is 0 Å². The normalized spacial score (nSPS) is 25.0. The van der Waals surface area contributed by atoms with Gasteiger partial charge < -0.3 is 10.5 Å². The summed E-state index contributed by atoms with van der Waals surface area (Å²) in [6.07, 6.45) is 4.95. The van der Waals surface area contributed by atoms with Crippen LogP contribution in [0.1, 0.15) is 39.5 Å². The second-order valence-electron chi connectivity index (χ2n) is 5.24. The fraction of sp³-hybridized carbons (Fsp3) is 1.00. The van der Waals surface area contributed by atoms with Crippen molar-refractivity contribution in [3.05, 3.63) is 0 Å². The molecule has 18 heavy (non-hydrogen) atoms. The van der Waals surface area contributed by atoms with E-state index in [1.165, 1.54) is 37.2 Å². The number of hydrogen-bond donors (Lipinski definition) is 1. The van der Waals surface area contributed by atoms with E-state index in [-0.39, 0.29) is 5.54 Å². The molecular formula is C14H30N2OS. The molecule has 1 aliphatic rings. The maximum atomic E-state index is 6.16. The minimum Gasteiger partial charge on any atom is -0.383 e. The first kappa shape index (κ1) is 16.3. The Bertz CT molecular complexity index is 216. The zero-order chi connectivity index (χ0) is 13.4. The van der Waals surface area contributed by atoms with E-state index in [1.807, 2.05) is 0 Å². The second kappa shape index (κ2) is 8.41. The van der Waals surface area contributed by atoms with Crippen LogP contribution in [-0.4, -0.2) is 54.8 Å². The lowest BCUT2D eigenvalue weighted by Crippen LogP contribution is -2.61. The molecule has 1 atom stereocenters. The SMILES string of the molecule is CCC(CC)N(CCOC)C1(CN)CCCSC1. The molecule has 0 radical (unpaired) electrons. The molecule has 1 saturated heterocycles. The molecule has 1 fully saturated rings. The second-order valence-corrected chi connectivity index (χ2v) is 6.35. The lowest BCUT2D eigenvalue weighted by Gasteiger charge is -2.49. The Hall–Kier alpha value is 0.230. The van der Waals surface area contributed by atoms with E-state index in [2.05, 4.69) is 30.5 Å². The first-order valence-corrected chi connectivity index (χ1v) is 8.43. The highest BCUT2D eigenvalue weighted by molar-refractivity contribution is 7.99. The van der Waals surface area contributed by atoms with E-state index >= 15 is 0 Å². The van der Waals surface area contributed by atoms with E-state index in [0.29, 0.717) is 6.04 Å². The summed E-state index contributed by atoms with van der Waals surface area (Å²) in [5.41, 5.74) is 6.37. The fourth-order valence-electron chi connectivity index (χ4n) is 3.07. The van der Waals surface area contributed by atoms with Crippen LogP contribution < -0.4 is 5.73 Å². The van der Waals surface area contributed by atoms with Gasteiger partial charge >= 0.3 is 0 Å². The number of hydrogen-bond acceptors (Lipinski definition) is 4. The third-order valence-electron chi connectivity index (χ3n) is 4.21. The highest BCUT2D eigenvalue weighted by Crippen LogP contribution is 2.34. The Morgan fingerprint density at radius 2 is 2.11 bits per heavy atom. The van der Waals surface area contributed by atoms with Gasteiger partial charge in [-0.15, -0.1) is 0 Å². The number of nitrogens with two attached hydrogens (primary N) is 1. The van der Waals surface area contributed by atoms with Crippen molar-refractivity contribution in [2.75, 3.05) is 38.3 Å². The van der Waals surface area contributed by atoms with Crippen molar-refractivity contribution in [3.63, 3.8) is 0 Å². The van der Waals surface area contributed by atoms with Crippen LogP contribution in [0.5, 0.6) is 0 Å². The van der Waals surface area contributed by atoms with Gasteiger partial charge in [-0.05, 0) is 31.4 Å². The monoisotopic (exact) mass is 274 g/mol. The summed E-state index contributed by atoms with van der Waals surface area (Å²) in [5.74, 6) is 2.48. The van der Waals surface area contributed by atoms with Gasteiger partial charge in [0, 0.05) is 37.5 Å². The van der Waals surface area contributed by atoms with E-state index in [4.69, 9.17) is 10.5 Å². The molecule has 1 rings (SSSR count). The molecular weight excluding hydrogens is 244 g/mol. The summed E-state index contributed by atoms with van der Waals surface area (Å²) in [5, 5.41) is 0. The highest BCUT2D eigenvalue weighted by atomic mass is 32.2. The Morgan fingerprint density at radius 3 is 2.56 bits per heavy atom. The van der Waals surface area contributed by atoms with Crippen LogP contribution in [0.3, 0.4) is 0 Å². The number of nitrogens with zero attached hydrogens (tertiary/aromatic N) is 1. The zero-order valence-electron chi connectivity index (χ0n) is 12.3. The Kier molecular flexibility index (Phi) is 7.61. The van der Waals surface area contributed by atoms with E-state index < -0.39 is 0 Å². The van der Waals surface area contributed by atoms with Crippen LogP contribution >= 0.6 is 11.8 Å². The van der Waals surface area contributed by atoms with Crippen molar-refractivity contribution >= 4 is 11.8 Å². The summed E-state index contributed by atoms with van der Waals surface area (Å²) in [6.45, 7) is 7.17. The van der Waals surface area contributed by atoms with Gasteiger partial charge in [-0.1, -0.05) is 13.8 Å². The lowest BCUT2D eigenvalue weighted by atomic mass is 9.90. The Labute approximate surface area is 117 Å².